The van der Waals surface area contributed by atoms with E-state index in [0.29, 0.717) is 30.3 Å². The zero-order valence-electron chi connectivity index (χ0n) is 15.9. The molecule has 1 aliphatic heterocycles. The molecule has 27 heavy (non-hydrogen) atoms. The molecular weight excluding hydrogens is 372 g/mol. The largest absolute Gasteiger partial charge is 0.343 e. The number of likely N-dealkylation sites (tertiary alicyclic amines) is 1. The number of amides is 1. The molecule has 3 rings (SSSR count). The lowest BCUT2D eigenvalue weighted by Crippen LogP contribution is -2.36. The van der Waals surface area contributed by atoms with Gasteiger partial charge in [0.2, 0.25) is 21.8 Å². The molecule has 1 fully saturated rings. The second-order valence-electron chi connectivity index (χ2n) is 6.77. The second-order valence-corrected chi connectivity index (χ2v) is 8.48. The first-order valence-corrected chi connectivity index (χ1v) is 10.2. The van der Waals surface area contributed by atoms with E-state index in [1.165, 1.54) is 4.68 Å². The fraction of sp³-hybridized carbons (Fsp3) is 0.625. The molecule has 0 saturated carbocycles. The van der Waals surface area contributed by atoms with E-state index in [1.54, 1.807) is 32.7 Å². The number of carbonyl (C=O) groups is 1. The molecule has 10 nitrogen and oxygen atoms in total. The van der Waals surface area contributed by atoms with Crippen LogP contribution in [0.25, 0.3) is 0 Å². The lowest BCUT2D eigenvalue weighted by atomic mass is 9.96. The van der Waals surface area contributed by atoms with Gasteiger partial charge < -0.3 is 9.42 Å². The summed E-state index contributed by atoms with van der Waals surface area (Å²) in [4.78, 5) is 17.7. The van der Waals surface area contributed by atoms with Crippen LogP contribution in [-0.2, 0) is 28.4 Å². The standard InChI is InChI=1S/C16H24N6O4S/c1-10-15(11(2)21(4)19-10)27(24,25)17-9-14-18-16(20-26-14)13-5-7-22(8-6-13)12(3)23/h13,17H,5-9H2,1-4H3. The highest BCUT2D eigenvalue weighted by Crippen LogP contribution is 2.26. The zero-order valence-corrected chi connectivity index (χ0v) is 16.7. The van der Waals surface area contributed by atoms with Crippen LogP contribution < -0.4 is 4.72 Å². The van der Waals surface area contributed by atoms with Crippen molar-refractivity contribution in [2.24, 2.45) is 7.05 Å². The van der Waals surface area contributed by atoms with Crippen LogP contribution in [0.15, 0.2) is 9.42 Å². The number of rotatable bonds is 5. The first-order valence-electron chi connectivity index (χ1n) is 8.77. The lowest BCUT2D eigenvalue weighted by molar-refractivity contribution is -0.129. The third-order valence-electron chi connectivity index (χ3n) is 4.91. The van der Waals surface area contributed by atoms with Crippen molar-refractivity contribution in [3.63, 3.8) is 0 Å². The molecular formula is C16H24N6O4S. The Morgan fingerprint density at radius 3 is 2.52 bits per heavy atom. The molecule has 1 aliphatic rings. The molecule has 2 aromatic rings. The zero-order chi connectivity index (χ0) is 19.8. The van der Waals surface area contributed by atoms with Gasteiger partial charge in [-0.2, -0.15) is 10.1 Å². The maximum absolute atomic E-state index is 12.6. The van der Waals surface area contributed by atoms with Gasteiger partial charge in [0, 0.05) is 33.0 Å². The monoisotopic (exact) mass is 396 g/mol. The Kier molecular flexibility index (Phi) is 5.33. The SMILES string of the molecule is CC(=O)N1CCC(c2noc(CNS(=O)(=O)c3c(C)nn(C)c3C)n2)CC1. The fourth-order valence-electron chi connectivity index (χ4n) is 3.33. The first-order chi connectivity index (χ1) is 12.7. The first kappa shape index (κ1) is 19.5. The quantitative estimate of drug-likeness (QED) is 0.786. The van der Waals surface area contributed by atoms with Gasteiger partial charge in [-0.3, -0.25) is 9.48 Å². The number of aromatic nitrogens is 4. The van der Waals surface area contributed by atoms with Crippen LogP contribution in [0.5, 0.6) is 0 Å². The number of hydrogen-bond donors (Lipinski definition) is 1. The molecule has 3 heterocycles. The van der Waals surface area contributed by atoms with Crippen LogP contribution in [0.4, 0.5) is 0 Å². The summed E-state index contributed by atoms with van der Waals surface area (Å²) in [5.41, 5.74) is 0.995. The third-order valence-corrected chi connectivity index (χ3v) is 6.57. The summed E-state index contributed by atoms with van der Waals surface area (Å²) >= 11 is 0. The minimum absolute atomic E-state index is 0.0673. The minimum Gasteiger partial charge on any atom is -0.343 e. The van der Waals surface area contributed by atoms with Gasteiger partial charge >= 0.3 is 0 Å². The topological polar surface area (TPSA) is 123 Å². The smallest absolute Gasteiger partial charge is 0.244 e. The van der Waals surface area contributed by atoms with Gasteiger partial charge in [-0.05, 0) is 26.7 Å². The number of piperidine rings is 1. The molecule has 1 amide bonds. The Hall–Kier alpha value is -2.27. The number of sulfonamides is 1. The highest BCUT2D eigenvalue weighted by molar-refractivity contribution is 7.89. The number of carbonyl (C=O) groups excluding carboxylic acids is 1. The van der Waals surface area contributed by atoms with Gasteiger partial charge in [-0.1, -0.05) is 5.16 Å². The van der Waals surface area contributed by atoms with Crippen molar-refractivity contribution >= 4 is 15.9 Å². The van der Waals surface area contributed by atoms with Crippen LogP contribution in [0.1, 0.15) is 48.8 Å². The van der Waals surface area contributed by atoms with Crippen molar-refractivity contribution in [2.75, 3.05) is 13.1 Å². The number of hydrogen-bond acceptors (Lipinski definition) is 7. The van der Waals surface area contributed by atoms with Crippen LogP contribution in [0.3, 0.4) is 0 Å². The molecule has 0 atom stereocenters. The predicted molar refractivity (Wildman–Crippen MR) is 95.2 cm³/mol. The van der Waals surface area contributed by atoms with Crippen molar-refractivity contribution in [3.8, 4) is 0 Å². The van der Waals surface area contributed by atoms with Crippen LogP contribution >= 0.6 is 0 Å². The van der Waals surface area contributed by atoms with E-state index in [1.807, 2.05) is 0 Å². The number of aryl methyl sites for hydroxylation is 2. The van der Waals surface area contributed by atoms with Crippen molar-refractivity contribution in [2.45, 2.75) is 51.0 Å². The third kappa shape index (κ3) is 4.03. The Morgan fingerprint density at radius 2 is 1.96 bits per heavy atom. The second kappa shape index (κ2) is 7.39. The number of nitrogens with one attached hydrogen (secondary N) is 1. The summed E-state index contributed by atoms with van der Waals surface area (Å²) in [6.45, 7) is 6.15. The Labute approximate surface area is 158 Å². The summed E-state index contributed by atoms with van der Waals surface area (Å²) in [6.07, 6.45) is 1.52. The molecule has 1 N–H and O–H groups in total. The summed E-state index contributed by atoms with van der Waals surface area (Å²) in [5, 5.41) is 8.12. The molecule has 0 radical (unpaired) electrons. The van der Waals surface area contributed by atoms with Gasteiger partial charge in [-0.25, -0.2) is 13.1 Å². The summed E-state index contributed by atoms with van der Waals surface area (Å²) in [7, 11) is -2.04. The molecule has 0 spiro atoms. The highest BCUT2D eigenvalue weighted by Gasteiger charge is 2.27. The van der Waals surface area contributed by atoms with E-state index in [9.17, 15) is 13.2 Å². The van der Waals surface area contributed by atoms with Crippen molar-refractivity contribution in [1.29, 1.82) is 0 Å². The lowest BCUT2D eigenvalue weighted by Gasteiger charge is -2.29. The maximum atomic E-state index is 12.6. The van der Waals surface area contributed by atoms with Crippen molar-refractivity contribution < 1.29 is 17.7 Å². The van der Waals surface area contributed by atoms with Crippen LogP contribution in [0, 0.1) is 13.8 Å². The van der Waals surface area contributed by atoms with E-state index in [2.05, 4.69) is 20.0 Å². The maximum Gasteiger partial charge on any atom is 0.244 e. The normalized spacial score (nSPS) is 16.1. The van der Waals surface area contributed by atoms with Crippen LogP contribution in [0.2, 0.25) is 0 Å². The molecule has 0 bridgehead atoms. The summed E-state index contributed by atoms with van der Waals surface area (Å²) < 4.78 is 34.4. The average Bonchev–Trinajstić information content (AvgIpc) is 3.18. The van der Waals surface area contributed by atoms with Crippen molar-refractivity contribution in [3.05, 3.63) is 23.1 Å². The van der Waals surface area contributed by atoms with Gasteiger partial charge in [0.05, 0.1) is 17.9 Å². The van der Waals surface area contributed by atoms with E-state index in [4.69, 9.17) is 4.52 Å². The van der Waals surface area contributed by atoms with E-state index in [-0.39, 0.29) is 29.2 Å². The molecule has 2 aromatic heterocycles. The summed E-state index contributed by atoms with van der Waals surface area (Å²) in [6, 6.07) is 0. The average molecular weight is 396 g/mol. The number of nitrogens with zero attached hydrogens (tertiary/aromatic N) is 5. The molecule has 0 unspecified atom stereocenters. The van der Waals surface area contributed by atoms with E-state index in [0.717, 1.165) is 12.8 Å². The predicted octanol–water partition coefficient (Wildman–Crippen LogP) is 0.624. The van der Waals surface area contributed by atoms with Gasteiger partial charge in [0.15, 0.2) is 5.82 Å². The van der Waals surface area contributed by atoms with E-state index >= 15 is 0 Å². The molecule has 148 valence electrons. The van der Waals surface area contributed by atoms with Gasteiger partial charge in [0.1, 0.15) is 4.90 Å². The fourth-order valence-corrected chi connectivity index (χ4v) is 4.74. The molecule has 0 aromatic carbocycles. The molecule has 1 saturated heterocycles. The van der Waals surface area contributed by atoms with Crippen LogP contribution in [-0.4, -0.2) is 52.2 Å². The van der Waals surface area contributed by atoms with E-state index < -0.39 is 10.0 Å². The Morgan fingerprint density at radius 1 is 1.30 bits per heavy atom. The highest BCUT2D eigenvalue weighted by atomic mass is 32.2. The van der Waals surface area contributed by atoms with Gasteiger partial charge in [-0.15, -0.1) is 0 Å². The van der Waals surface area contributed by atoms with Crippen molar-refractivity contribution in [1.82, 2.24) is 29.5 Å². The molecule has 11 heteroatoms. The minimum atomic E-state index is -3.74. The van der Waals surface area contributed by atoms with Gasteiger partial charge in [0.25, 0.3) is 0 Å². The summed E-state index contributed by atoms with van der Waals surface area (Å²) in [5.74, 6) is 0.943. The Bertz CT molecular complexity index is 940. The molecule has 0 aliphatic carbocycles. The Balaban J connectivity index is 1.64.